The number of hydrogen-bond acceptors (Lipinski definition) is 4. The minimum absolute atomic E-state index is 0.0693. The molecule has 0 aromatic carbocycles. The van der Waals surface area contributed by atoms with Crippen molar-refractivity contribution in [3.8, 4) is 0 Å². The van der Waals surface area contributed by atoms with Crippen LogP contribution in [0.2, 0.25) is 0 Å². The first kappa shape index (κ1) is 14.8. The fourth-order valence-electron chi connectivity index (χ4n) is 3.35. The van der Waals surface area contributed by atoms with E-state index in [-0.39, 0.29) is 12.1 Å². The minimum atomic E-state index is -0.486. The van der Waals surface area contributed by atoms with Crippen molar-refractivity contribution in [1.82, 2.24) is 5.32 Å². The average molecular weight is 269 g/mol. The van der Waals surface area contributed by atoms with E-state index in [4.69, 9.17) is 9.47 Å². The Labute approximate surface area is 116 Å². The van der Waals surface area contributed by atoms with E-state index in [2.05, 4.69) is 12.2 Å². The third kappa shape index (κ3) is 3.29. The zero-order valence-corrected chi connectivity index (χ0v) is 12.2. The predicted octanol–water partition coefficient (Wildman–Crippen LogP) is 2.27. The molecule has 1 aliphatic heterocycles. The third-order valence-electron chi connectivity index (χ3n) is 4.61. The lowest BCUT2D eigenvalue weighted by molar-refractivity contribution is -0.155. The van der Waals surface area contributed by atoms with Gasteiger partial charge in [0.1, 0.15) is 5.54 Å². The number of carbonyl (C=O) groups is 1. The second-order valence-electron chi connectivity index (χ2n) is 5.85. The second kappa shape index (κ2) is 6.71. The normalized spacial score (nSPS) is 35.3. The van der Waals surface area contributed by atoms with Crippen LogP contribution in [0.1, 0.15) is 52.4 Å². The van der Waals surface area contributed by atoms with Crippen LogP contribution in [-0.4, -0.2) is 37.4 Å². The summed E-state index contributed by atoms with van der Waals surface area (Å²) in [5.41, 5.74) is -0.486. The van der Waals surface area contributed by atoms with Crippen molar-refractivity contribution in [2.45, 2.75) is 64.0 Å². The van der Waals surface area contributed by atoms with Crippen molar-refractivity contribution in [3.63, 3.8) is 0 Å². The van der Waals surface area contributed by atoms with Gasteiger partial charge >= 0.3 is 5.97 Å². The van der Waals surface area contributed by atoms with Gasteiger partial charge in [0.25, 0.3) is 0 Å². The van der Waals surface area contributed by atoms with Crippen LogP contribution in [0.4, 0.5) is 0 Å². The Morgan fingerprint density at radius 3 is 2.84 bits per heavy atom. The summed E-state index contributed by atoms with van der Waals surface area (Å²) in [6.07, 6.45) is 6.79. The molecular formula is C15H27NO3. The third-order valence-corrected chi connectivity index (χ3v) is 4.61. The van der Waals surface area contributed by atoms with Gasteiger partial charge in [-0.1, -0.05) is 19.8 Å². The number of rotatable bonds is 5. The number of carbonyl (C=O) groups excluding carboxylic acids is 1. The van der Waals surface area contributed by atoms with Crippen LogP contribution in [-0.2, 0) is 14.3 Å². The summed E-state index contributed by atoms with van der Waals surface area (Å²) in [4.78, 5) is 12.4. The molecular weight excluding hydrogens is 242 g/mol. The summed E-state index contributed by atoms with van der Waals surface area (Å²) >= 11 is 0. The Kier molecular flexibility index (Phi) is 5.22. The molecule has 19 heavy (non-hydrogen) atoms. The van der Waals surface area contributed by atoms with Gasteiger partial charge in [-0.25, -0.2) is 0 Å². The summed E-state index contributed by atoms with van der Waals surface area (Å²) in [7, 11) is 0. The number of hydrogen-bond donors (Lipinski definition) is 1. The molecule has 4 heteroatoms. The standard InChI is InChI=1S/C15H27NO3/c1-3-18-14(17)15(9-5-4-7-12(15)2)16-11-13-8-6-10-19-13/h12-13,16H,3-11H2,1-2H3. The van der Waals surface area contributed by atoms with Crippen molar-refractivity contribution < 1.29 is 14.3 Å². The van der Waals surface area contributed by atoms with Crippen molar-refractivity contribution in [2.75, 3.05) is 19.8 Å². The first-order valence-corrected chi connectivity index (χ1v) is 7.73. The first-order valence-electron chi connectivity index (χ1n) is 7.73. The molecule has 0 aromatic heterocycles. The summed E-state index contributed by atoms with van der Waals surface area (Å²) in [5, 5.41) is 3.51. The maximum absolute atomic E-state index is 12.4. The molecule has 2 aliphatic rings. The Hall–Kier alpha value is -0.610. The molecule has 0 bridgehead atoms. The fourth-order valence-corrected chi connectivity index (χ4v) is 3.35. The van der Waals surface area contributed by atoms with E-state index in [0.717, 1.165) is 45.3 Å². The van der Waals surface area contributed by atoms with Gasteiger partial charge in [-0.05, 0) is 38.5 Å². The molecule has 0 amide bonds. The SMILES string of the molecule is CCOC(=O)C1(NCC2CCCO2)CCCCC1C. The van der Waals surface area contributed by atoms with Crippen molar-refractivity contribution in [2.24, 2.45) is 5.92 Å². The fraction of sp³-hybridized carbons (Fsp3) is 0.933. The van der Waals surface area contributed by atoms with Gasteiger partial charge in [-0.2, -0.15) is 0 Å². The quantitative estimate of drug-likeness (QED) is 0.778. The molecule has 4 nitrogen and oxygen atoms in total. The van der Waals surface area contributed by atoms with Gasteiger partial charge < -0.3 is 9.47 Å². The topological polar surface area (TPSA) is 47.6 Å². The zero-order chi connectivity index (χ0) is 13.7. The average Bonchev–Trinajstić information content (AvgIpc) is 2.91. The molecule has 1 saturated carbocycles. The van der Waals surface area contributed by atoms with Gasteiger partial charge in [0.2, 0.25) is 0 Å². The van der Waals surface area contributed by atoms with E-state index in [0.29, 0.717) is 12.5 Å². The Balaban J connectivity index is 2.01. The van der Waals surface area contributed by atoms with Crippen molar-refractivity contribution in [3.05, 3.63) is 0 Å². The van der Waals surface area contributed by atoms with Crippen LogP contribution in [0.5, 0.6) is 0 Å². The number of nitrogens with one attached hydrogen (secondary N) is 1. The molecule has 3 atom stereocenters. The van der Waals surface area contributed by atoms with Crippen molar-refractivity contribution in [1.29, 1.82) is 0 Å². The maximum atomic E-state index is 12.4. The van der Waals surface area contributed by atoms with E-state index in [9.17, 15) is 4.79 Å². The van der Waals surface area contributed by atoms with Crippen LogP contribution in [0.3, 0.4) is 0 Å². The number of esters is 1. The lowest BCUT2D eigenvalue weighted by Gasteiger charge is -2.41. The number of ether oxygens (including phenoxy) is 2. The predicted molar refractivity (Wildman–Crippen MR) is 74.0 cm³/mol. The molecule has 1 aliphatic carbocycles. The lowest BCUT2D eigenvalue weighted by atomic mass is 9.73. The van der Waals surface area contributed by atoms with Gasteiger partial charge in [-0.3, -0.25) is 10.1 Å². The maximum Gasteiger partial charge on any atom is 0.326 e. The van der Waals surface area contributed by atoms with Crippen molar-refractivity contribution >= 4 is 5.97 Å². The molecule has 110 valence electrons. The Bertz CT molecular complexity index is 302. The summed E-state index contributed by atoms with van der Waals surface area (Å²) in [6, 6.07) is 0. The van der Waals surface area contributed by atoms with Crippen LogP contribution < -0.4 is 5.32 Å². The van der Waals surface area contributed by atoms with Crippen LogP contribution in [0, 0.1) is 5.92 Å². The zero-order valence-electron chi connectivity index (χ0n) is 12.2. The Morgan fingerprint density at radius 2 is 2.21 bits per heavy atom. The smallest absolute Gasteiger partial charge is 0.326 e. The highest BCUT2D eigenvalue weighted by Crippen LogP contribution is 2.35. The van der Waals surface area contributed by atoms with Gasteiger partial charge in [0.05, 0.1) is 12.7 Å². The molecule has 0 spiro atoms. The molecule has 2 rings (SSSR count). The lowest BCUT2D eigenvalue weighted by Crippen LogP contribution is -2.60. The Morgan fingerprint density at radius 1 is 1.37 bits per heavy atom. The van der Waals surface area contributed by atoms with Crippen LogP contribution in [0.25, 0.3) is 0 Å². The molecule has 1 N–H and O–H groups in total. The van der Waals surface area contributed by atoms with Gasteiger partial charge in [0, 0.05) is 13.2 Å². The largest absolute Gasteiger partial charge is 0.465 e. The van der Waals surface area contributed by atoms with E-state index in [1.165, 1.54) is 6.42 Å². The first-order chi connectivity index (χ1) is 9.19. The second-order valence-corrected chi connectivity index (χ2v) is 5.85. The van der Waals surface area contributed by atoms with E-state index >= 15 is 0 Å². The minimum Gasteiger partial charge on any atom is -0.465 e. The summed E-state index contributed by atoms with van der Waals surface area (Å²) < 4.78 is 11.0. The highest BCUT2D eigenvalue weighted by atomic mass is 16.5. The van der Waals surface area contributed by atoms with E-state index < -0.39 is 5.54 Å². The monoisotopic (exact) mass is 269 g/mol. The van der Waals surface area contributed by atoms with E-state index in [1.807, 2.05) is 6.92 Å². The van der Waals surface area contributed by atoms with Gasteiger partial charge in [-0.15, -0.1) is 0 Å². The highest BCUT2D eigenvalue weighted by Gasteiger charge is 2.46. The summed E-state index contributed by atoms with van der Waals surface area (Å²) in [5.74, 6) is 0.266. The van der Waals surface area contributed by atoms with Crippen LogP contribution in [0.15, 0.2) is 0 Å². The molecule has 2 fully saturated rings. The molecule has 3 unspecified atom stereocenters. The molecule has 1 heterocycles. The summed E-state index contributed by atoms with van der Waals surface area (Å²) in [6.45, 7) is 6.12. The van der Waals surface area contributed by atoms with E-state index in [1.54, 1.807) is 0 Å². The molecule has 0 radical (unpaired) electrons. The van der Waals surface area contributed by atoms with Crippen LogP contribution >= 0.6 is 0 Å². The molecule has 1 saturated heterocycles. The highest BCUT2D eigenvalue weighted by molar-refractivity contribution is 5.81. The molecule has 0 aromatic rings. The van der Waals surface area contributed by atoms with Gasteiger partial charge in [0.15, 0.2) is 0 Å².